The van der Waals surface area contributed by atoms with E-state index in [4.69, 9.17) is 11.6 Å². The Morgan fingerprint density at radius 1 is 1.03 bits per heavy atom. The van der Waals surface area contributed by atoms with Gasteiger partial charge in [-0.15, -0.1) is 10.2 Å². The van der Waals surface area contributed by atoms with Gasteiger partial charge in [0.15, 0.2) is 11.0 Å². The molecule has 0 spiro atoms. The summed E-state index contributed by atoms with van der Waals surface area (Å²) in [5.41, 5.74) is 5.08. The zero-order valence-corrected chi connectivity index (χ0v) is 19.8. The lowest BCUT2D eigenvalue weighted by Crippen LogP contribution is -2.20. The molecule has 4 aromatic rings. The van der Waals surface area contributed by atoms with Gasteiger partial charge in [0.1, 0.15) is 0 Å². The average Bonchev–Trinajstić information content (AvgIpc) is 3.24. The van der Waals surface area contributed by atoms with Crippen molar-refractivity contribution in [2.75, 3.05) is 5.75 Å². The molecule has 1 heterocycles. The minimum Gasteiger partial charge on any atom is -0.272 e. The van der Waals surface area contributed by atoms with E-state index in [0.717, 1.165) is 21.3 Å². The Bertz CT molecular complexity index is 1240. The first-order valence-electron chi connectivity index (χ1n) is 9.58. The molecule has 3 aromatic carbocycles. The highest BCUT2D eigenvalue weighted by molar-refractivity contribution is 9.10. The second kappa shape index (κ2) is 10.6. The minimum absolute atomic E-state index is 0.128. The standard InChI is InChI=1S/C23H17BrClN5OS/c24-18-10-12-19(13-11-18)30-22(16-6-2-1-3-7-16)28-29-23(30)32-15-21(31)27-26-14-17-8-4-5-9-20(17)25/h1-14H,15H2,(H,27,31). The molecule has 0 aliphatic carbocycles. The van der Waals surface area contributed by atoms with Gasteiger partial charge in [0.25, 0.3) is 5.91 Å². The molecule has 1 aromatic heterocycles. The van der Waals surface area contributed by atoms with Gasteiger partial charge in [0, 0.05) is 26.3 Å². The third-order valence-electron chi connectivity index (χ3n) is 4.38. The van der Waals surface area contributed by atoms with Crippen molar-refractivity contribution in [3.05, 3.63) is 93.9 Å². The number of rotatable bonds is 7. The lowest BCUT2D eigenvalue weighted by molar-refractivity contribution is -0.118. The molecular weight excluding hydrogens is 510 g/mol. The molecule has 0 radical (unpaired) electrons. The van der Waals surface area contributed by atoms with Crippen LogP contribution in [0, 0.1) is 0 Å². The van der Waals surface area contributed by atoms with Crippen molar-refractivity contribution < 1.29 is 4.79 Å². The highest BCUT2D eigenvalue weighted by Gasteiger charge is 2.17. The zero-order chi connectivity index (χ0) is 22.3. The van der Waals surface area contributed by atoms with Crippen molar-refractivity contribution in [3.63, 3.8) is 0 Å². The van der Waals surface area contributed by atoms with Gasteiger partial charge >= 0.3 is 0 Å². The van der Waals surface area contributed by atoms with Crippen LogP contribution < -0.4 is 5.43 Å². The molecule has 0 fully saturated rings. The fourth-order valence-electron chi connectivity index (χ4n) is 2.88. The van der Waals surface area contributed by atoms with E-state index in [2.05, 4.69) is 36.7 Å². The number of hydrogen-bond donors (Lipinski definition) is 1. The predicted molar refractivity (Wildman–Crippen MR) is 132 cm³/mol. The Morgan fingerprint density at radius 2 is 1.75 bits per heavy atom. The molecule has 0 aliphatic rings. The summed E-state index contributed by atoms with van der Waals surface area (Å²) in [6, 6.07) is 24.9. The topological polar surface area (TPSA) is 72.2 Å². The molecule has 0 aliphatic heterocycles. The number of carbonyl (C=O) groups is 1. The molecule has 4 rings (SSSR count). The Hall–Kier alpha value is -2.94. The Labute approximate surface area is 202 Å². The largest absolute Gasteiger partial charge is 0.272 e. The van der Waals surface area contributed by atoms with E-state index in [9.17, 15) is 4.79 Å². The Morgan fingerprint density at radius 3 is 2.50 bits per heavy atom. The van der Waals surface area contributed by atoms with Crippen molar-refractivity contribution in [1.82, 2.24) is 20.2 Å². The summed E-state index contributed by atoms with van der Waals surface area (Å²) in [7, 11) is 0. The summed E-state index contributed by atoms with van der Waals surface area (Å²) in [5.74, 6) is 0.570. The molecule has 9 heteroatoms. The number of thioether (sulfide) groups is 1. The lowest BCUT2D eigenvalue weighted by Gasteiger charge is -2.10. The predicted octanol–water partition coefficient (Wildman–Crippen LogP) is 5.59. The monoisotopic (exact) mass is 525 g/mol. The van der Waals surface area contributed by atoms with Crippen LogP contribution in [0.4, 0.5) is 0 Å². The molecule has 0 bridgehead atoms. The van der Waals surface area contributed by atoms with Gasteiger partial charge in [-0.2, -0.15) is 5.10 Å². The molecule has 0 saturated carbocycles. The third-order valence-corrected chi connectivity index (χ3v) is 6.18. The molecule has 6 nitrogen and oxygen atoms in total. The van der Waals surface area contributed by atoms with Crippen LogP contribution >= 0.6 is 39.3 Å². The smallest absolute Gasteiger partial charge is 0.250 e. The zero-order valence-electron chi connectivity index (χ0n) is 16.7. The van der Waals surface area contributed by atoms with Crippen LogP contribution in [-0.2, 0) is 4.79 Å². The first-order chi connectivity index (χ1) is 15.6. The second-order valence-electron chi connectivity index (χ2n) is 6.59. The minimum atomic E-state index is -0.259. The van der Waals surface area contributed by atoms with Gasteiger partial charge in [0.2, 0.25) is 0 Å². The van der Waals surface area contributed by atoms with Crippen molar-refractivity contribution in [3.8, 4) is 17.1 Å². The molecule has 1 N–H and O–H groups in total. The third kappa shape index (κ3) is 5.45. The number of halogens is 2. The number of benzene rings is 3. The number of amides is 1. The van der Waals surface area contributed by atoms with Crippen LogP contribution in [0.2, 0.25) is 5.02 Å². The summed E-state index contributed by atoms with van der Waals surface area (Å²) in [4.78, 5) is 12.3. The number of nitrogens with one attached hydrogen (secondary N) is 1. The maximum absolute atomic E-state index is 12.3. The molecule has 1 amide bonds. The SMILES string of the molecule is O=C(CSc1nnc(-c2ccccc2)n1-c1ccc(Br)cc1)NN=Cc1ccccc1Cl. The van der Waals surface area contributed by atoms with E-state index in [1.807, 2.05) is 77.4 Å². The first-order valence-corrected chi connectivity index (χ1v) is 11.7. The van der Waals surface area contributed by atoms with E-state index < -0.39 is 0 Å². The first kappa shape index (κ1) is 22.3. The molecule has 32 heavy (non-hydrogen) atoms. The summed E-state index contributed by atoms with van der Waals surface area (Å²) in [6.45, 7) is 0. The Balaban J connectivity index is 1.51. The fourth-order valence-corrected chi connectivity index (χ4v) is 4.07. The normalized spacial score (nSPS) is 11.1. The molecule has 0 atom stereocenters. The van der Waals surface area contributed by atoms with E-state index in [-0.39, 0.29) is 11.7 Å². The molecule has 0 saturated heterocycles. The summed E-state index contributed by atoms with van der Waals surface area (Å²) in [5, 5.41) is 13.9. The number of nitrogens with zero attached hydrogens (tertiary/aromatic N) is 4. The van der Waals surface area contributed by atoms with Crippen LogP contribution in [0.1, 0.15) is 5.56 Å². The highest BCUT2D eigenvalue weighted by Crippen LogP contribution is 2.28. The van der Waals surface area contributed by atoms with Crippen molar-refractivity contribution in [1.29, 1.82) is 0 Å². The quantitative estimate of drug-likeness (QED) is 0.193. The maximum Gasteiger partial charge on any atom is 0.250 e. The molecular formula is C23H17BrClN5OS. The average molecular weight is 527 g/mol. The maximum atomic E-state index is 12.3. The van der Waals surface area contributed by atoms with Gasteiger partial charge in [0.05, 0.1) is 12.0 Å². The van der Waals surface area contributed by atoms with Crippen molar-refractivity contribution >= 4 is 51.4 Å². The van der Waals surface area contributed by atoms with E-state index in [1.165, 1.54) is 18.0 Å². The number of hydrazone groups is 1. The van der Waals surface area contributed by atoms with Crippen LogP contribution in [-0.4, -0.2) is 32.6 Å². The number of hydrogen-bond acceptors (Lipinski definition) is 5. The van der Waals surface area contributed by atoms with E-state index >= 15 is 0 Å². The highest BCUT2D eigenvalue weighted by atomic mass is 79.9. The Kier molecular flexibility index (Phi) is 7.36. The van der Waals surface area contributed by atoms with Crippen LogP contribution in [0.25, 0.3) is 17.1 Å². The van der Waals surface area contributed by atoms with Gasteiger partial charge in [-0.3, -0.25) is 9.36 Å². The number of carbonyl (C=O) groups excluding carboxylic acids is 1. The summed E-state index contributed by atoms with van der Waals surface area (Å²) < 4.78 is 2.91. The van der Waals surface area contributed by atoms with Gasteiger partial charge in [-0.1, -0.05) is 87.8 Å². The van der Waals surface area contributed by atoms with Crippen molar-refractivity contribution in [2.24, 2.45) is 5.10 Å². The lowest BCUT2D eigenvalue weighted by atomic mass is 10.2. The van der Waals surface area contributed by atoms with Gasteiger partial charge in [-0.05, 0) is 30.3 Å². The number of aromatic nitrogens is 3. The molecule has 160 valence electrons. The van der Waals surface area contributed by atoms with Gasteiger partial charge < -0.3 is 0 Å². The fraction of sp³-hybridized carbons (Fsp3) is 0.0435. The van der Waals surface area contributed by atoms with E-state index in [1.54, 1.807) is 6.07 Å². The second-order valence-corrected chi connectivity index (χ2v) is 8.85. The summed E-state index contributed by atoms with van der Waals surface area (Å²) >= 11 is 10.8. The van der Waals surface area contributed by atoms with E-state index in [0.29, 0.717) is 16.0 Å². The van der Waals surface area contributed by atoms with Crippen molar-refractivity contribution in [2.45, 2.75) is 5.16 Å². The van der Waals surface area contributed by atoms with Crippen LogP contribution in [0.5, 0.6) is 0 Å². The van der Waals surface area contributed by atoms with Gasteiger partial charge in [-0.25, -0.2) is 5.43 Å². The summed E-state index contributed by atoms with van der Waals surface area (Å²) in [6.07, 6.45) is 1.52. The molecule has 0 unspecified atom stereocenters. The van der Waals surface area contributed by atoms with Crippen LogP contribution in [0.15, 0.2) is 93.6 Å². The van der Waals surface area contributed by atoms with Crippen LogP contribution in [0.3, 0.4) is 0 Å².